The first-order chi connectivity index (χ1) is 18.4. The molecule has 0 saturated carbocycles. The number of hydrogen-bond donors (Lipinski definition) is 1. The van der Waals surface area contributed by atoms with Gasteiger partial charge in [-0.3, -0.25) is 19.3 Å². The molecule has 1 heterocycles. The van der Waals surface area contributed by atoms with Gasteiger partial charge in [0, 0.05) is 6.54 Å². The maximum atomic E-state index is 13.0. The molecule has 3 aromatic rings. The van der Waals surface area contributed by atoms with E-state index in [0.29, 0.717) is 0 Å². The zero-order valence-electron chi connectivity index (χ0n) is 20.1. The fourth-order valence-electron chi connectivity index (χ4n) is 3.82. The molecule has 13 heteroatoms. The van der Waals surface area contributed by atoms with Crippen LogP contribution in [0.1, 0.15) is 32.7 Å². The number of alkyl halides is 3. The molecule has 0 saturated heterocycles. The summed E-state index contributed by atoms with van der Waals surface area (Å²) in [5.74, 6) is -2.77. The molecule has 0 radical (unpaired) electrons. The molecular formula is C26H21F3N2O7S. The van der Waals surface area contributed by atoms with Gasteiger partial charge < -0.3 is 15.2 Å². The summed E-state index contributed by atoms with van der Waals surface area (Å²) in [4.78, 5) is 38.1. The summed E-state index contributed by atoms with van der Waals surface area (Å²) in [6.45, 7) is -0.202. The van der Waals surface area contributed by atoms with Crippen molar-refractivity contribution in [3.63, 3.8) is 0 Å². The molecule has 0 aromatic heterocycles. The molecule has 3 aromatic carbocycles. The monoisotopic (exact) mass is 562 g/mol. The Labute approximate surface area is 220 Å². The number of sulfone groups is 1. The molecule has 9 nitrogen and oxygen atoms in total. The highest BCUT2D eigenvalue weighted by Crippen LogP contribution is 2.30. The molecule has 0 aliphatic carbocycles. The highest BCUT2D eigenvalue weighted by atomic mass is 32.2. The number of nitrogens with two attached hydrogens (primary N) is 1. The number of hydrogen-bond acceptors (Lipinski definition) is 8. The average molecular weight is 563 g/mol. The minimum Gasteiger partial charge on any atom is -0.460 e. The van der Waals surface area contributed by atoms with E-state index in [2.05, 4.69) is 4.74 Å². The summed E-state index contributed by atoms with van der Waals surface area (Å²) < 4.78 is 72.0. The summed E-state index contributed by atoms with van der Waals surface area (Å²) >= 11 is 0. The van der Waals surface area contributed by atoms with Crippen LogP contribution in [0, 0.1) is 0 Å². The fraction of sp³-hybridized carbons (Fsp3) is 0.192. The van der Waals surface area contributed by atoms with Crippen molar-refractivity contribution in [2.24, 2.45) is 5.73 Å². The Hall–Kier alpha value is -4.23. The number of carbonyl (C=O) groups is 3. The Balaban J connectivity index is 1.43. The maximum Gasteiger partial charge on any atom is 0.573 e. The number of imide groups is 1. The second kappa shape index (κ2) is 10.9. The van der Waals surface area contributed by atoms with Crippen LogP contribution in [0.4, 0.5) is 13.2 Å². The highest BCUT2D eigenvalue weighted by Gasteiger charge is 2.37. The number of carbonyl (C=O) groups excluding carboxylic acids is 3. The van der Waals surface area contributed by atoms with Crippen molar-refractivity contribution < 1.29 is 45.4 Å². The zero-order chi connectivity index (χ0) is 28.4. The summed E-state index contributed by atoms with van der Waals surface area (Å²) in [5, 5.41) is 0. The van der Waals surface area contributed by atoms with E-state index in [9.17, 15) is 36.0 Å². The van der Waals surface area contributed by atoms with Gasteiger partial charge >= 0.3 is 12.3 Å². The summed E-state index contributed by atoms with van der Waals surface area (Å²) in [7, 11) is -4.25. The van der Waals surface area contributed by atoms with Gasteiger partial charge in [0.15, 0.2) is 0 Å². The average Bonchev–Trinajstić information content (AvgIpc) is 3.14. The molecule has 1 aliphatic rings. The first-order valence-electron chi connectivity index (χ1n) is 11.4. The van der Waals surface area contributed by atoms with Gasteiger partial charge in [-0.15, -0.1) is 13.2 Å². The molecule has 0 fully saturated rings. The lowest BCUT2D eigenvalue weighted by Crippen LogP contribution is -2.38. The van der Waals surface area contributed by atoms with E-state index in [1.54, 1.807) is 24.3 Å². The van der Waals surface area contributed by atoms with Crippen LogP contribution >= 0.6 is 0 Å². The molecular weight excluding hydrogens is 541 g/mol. The van der Waals surface area contributed by atoms with E-state index in [4.69, 9.17) is 10.5 Å². The van der Waals surface area contributed by atoms with Gasteiger partial charge in [-0.1, -0.05) is 30.3 Å². The second-order valence-corrected chi connectivity index (χ2v) is 10.4. The quantitative estimate of drug-likeness (QED) is 0.310. The first-order valence-corrected chi connectivity index (χ1v) is 12.9. The summed E-state index contributed by atoms with van der Waals surface area (Å²) in [5.41, 5.74) is 6.43. The van der Waals surface area contributed by atoms with Crippen molar-refractivity contribution in [2.45, 2.75) is 35.2 Å². The van der Waals surface area contributed by atoms with Crippen LogP contribution in [-0.4, -0.2) is 50.1 Å². The predicted molar refractivity (Wildman–Crippen MR) is 129 cm³/mol. The Kier molecular flexibility index (Phi) is 7.74. The van der Waals surface area contributed by atoms with E-state index >= 15 is 0 Å². The third-order valence-electron chi connectivity index (χ3n) is 5.81. The number of benzene rings is 3. The van der Waals surface area contributed by atoms with Gasteiger partial charge in [-0.2, -0.15) is 0 Å². The molecule has 2 amide bonds. The smallest absolute Gasteiger partial charge is 0.460 e. The third-order valence-corrected chi connectivity index (χ3v) is 7.58. The number of amides is 2. The lowest BCUT2D eigenvalue weighted by molar-refractivity contribution is -0.274. The SMILES string of the molecule is NC(CCN1C(=O)c2ccc(S(=O)(=O)c3ccc(OC(F)(F)F)cc3)cc2C1=O)C(=O)OCc1ccccc1. The maximum absolute atomic E-state index is 13.0. The molecule has 4 rings (SSSR count). The fourth-order valence-corrected chi connectivity index (χ4v) is 5.11. The molecule has 1 aliphatic heterocycles. The number of ether oxygens (including phenoxy) is 2. The summed E-state index contributed by atoms with van der Waals surface area (Å²) in [6.07, 6.45) is -5.03. The number of esters is 1. The van der Waals surface area contributed by atoms with Crippen molar-refractivity contribution in [3.8, 4) is 5.75 Å². The van der Waals surface area contributed by atoms with Crippen molar-refractivity contribution >= 4 is 27.6 Å². The Morgan fingerprint density at radius 2 is 1.51 bits per heavy atom. The van der Waals surface area contributed by atoms with Crippen LogP contribution < -0.4 is 10.5 Å². The molecule has 1 unspecified atom stereocenters. The Morgan fingerprint density at radius 1 is 0.897 bits per heavy atom. The lowest BCUT2D eigenvalue weighted by Gasteiger charge is -2.16. The van der Waals surface area contributed by atoms with Crippen LogP contribution in [0.5, 0.6) is 5.75 Å². The van der Waals surface area contributed by atoms with Gasteiger partial charge in [-0.05, 0) is 54.4 Å². The largest absolute Gasteiger partial charge is 0.573 e. The number of nitrogens with zero attached hydrogens (tertiary/aromatic N) is 1. The first kappa shape index (κ1) is 27.8. The number of rotatable bonds is 9. The highest BCUT2D eigenvalue weighted by molar-refractivity contribution is 7.91. The van der Waals surface area contributed by atoms with Gasteiger partial charge in [0.1, 0.15) is 18.4 Å². The standard InChI is InChI=1S/C26H21F3N2O7S/c27-26(28,29)38-17-6-8-18(9-7-17)39(35,36)19-10-11-20-21(14-19)24(33)31(23(20)32)13-12-22(30)25(34)37-15-16-4-2-1-3-5-16/h1-11,14,22H,12-13,15,30H2. The van der Waals surface area contributed by atoms with Gasteiger partial charge in [0.2, 0.25) is 9.84 Å². The normalized spacial score (nSPS) is 14.2. The second-order valence-electron chi connectivity index (χ2n) is 8.48. The van der Waals surface area contributed by atoms with Gasteiger partial charge in [0.25, 0.3) is 11.8 Å². The topological polar surface area (TPSA) is 133 Å². The number of fused-ring (bicyclic) bond motifs is 1. The molecule has 0 bridgehead atoms. The van der Waals surface area contributed by atoms with Crippen molar-refractivity contribution in [1.29, 1.82) is 0 Å². The van der Waals surface area contributed by atoms with Crippen molar-refractivity contribution in [1.82, 2.24) is 4.90 Å². The van der Waals surface area contributed by atoms with E-state index in [1.807, 2.05) is 6.07 Å². The van der Waals surface area contributed by atoms with Gasteiger partial charge in [0.05, 0.1) is 20.9 Å². The van der Waals surface area contributed by atoms with Gasteiger partial charge in [-0.25, -0.2) is 8.42 Å². The minimum atomic E-state index is -4.94. The van der Waals surface area contributed by atoms with E-state index in [-0.39, 0.29) is 40.5 Å². The molecule has 39 heavy (non-hydrogen) atoms. The molecule has 1 atom stereocenters. The Bertz CT molecular complexity index is 1510. The van der Waals surface area contributed by atoms with Crippen LogP contribution in [0.2, 0.25) is 0 Å². The van der Waals surface area contributed by atoms with E-state index < -0.39 is 45.8 Å². The van der Waals surface area contributed by atoms with Crippen LogP contribution in [0.3, 0.4) is 0 Å². The molecule has 0 spiro atoms. The van der Waals surface area contributed by atoms with E-state index in [0.717, 1.165) is 46.9 Å². The van der Waals surface area contributed by atoms with E-state index in [1.165, 1.54) is 6.07 Å². The molecule has 204 valence electrons. The van der Waals surface area contributed by atoms with Crippen molar-refractivity contribution in [2.75, 3.05) is 6.54 Å². The van der Waals surface area contributed by atoms with Crippen LogP contribution in [0.25, 0.3) is 0 Å². The van der Waals surface area contributed by atoms with Crippen LogP contribution in [-0.2, 0) is 26.0 Å². The molecule has 2 N–H and O–H groups in total. The summed E-state index contributed by atoms with van der Waals surface area (Å²) in [6, 6.07) is 14.7. The minimum absolute atomic E-state index is 0.00964. The third kappa shape index (κ3) is 6.26. The zero-order valence-corrected chi connectivity index (χ0v) is 20.9. The lowest BCUT2D eigenvalue weighted by atomic mass is 10.1. The number of halogens is 3. The Morgan fingerprint density at radius 3 is 2.15 bits per heavy atom. The van der Waals surface area contributed by atoms with Crippen LogP contribution in [0.15, 0.2) is 82.6 Å². The predicted octanol–water partition coefficient (Wildman–Crippen LogP) is 3.47. The van der Waals surface area contributed by atoms with Crippen molar-refractivity contribution in [3.05, 3.63) is 89.5 Å².